The van der Waals surface area contributed by atoms with Crippen molar-refractivity contribution in [1.82, 2.24) is 15.1 Å². The normalized spacial score (nSPS) is 31.9. The van der Waals surface area contributed by atoms with E-state index in [1.165, 1.54) is 7.11 Å². The molecule has 1 spiro atoms. The maximum atomic E-state index is 14.8. The molecule has 3 fully saturated rings. The Morgan fingerprint density at radius 2 is 1.86 bits per heavy atom. The summed E-state index contributed by atoms with van der Waals surface area (Å²) in [7, 11) is 3.08. The third-order valence-corrected chi connectivity index (χ3v) is 15.0. The van der Waals surface area contributed by atoms with Crippen LogP contribution in [0.4, 0.5) is 0 Å². The first-order valence-electron chi connectivity index (χ1n) is 19.4. The fourth-order valence-corrected chi connectivity index (χ4v) is 13.0. The zero-order valence-electron chi connectivity index (χ0n) is 32.4. The fourth-order valence-electron chi connectivity index (χ4n) is 11.3. The number of piperazine rings is 1. The van der Waals surface area contributed by atoms with E-state index >= 15 is 0 Å². The van der Waals surface area contributed by atoms with Gasteiger partial charge in [0.1, 0.15) is 18.4 Å². The zero-order valence-corrected chi connectivity index (χ0v) is 33.2. The van der Waals surface area contributed by atoms with E-state index in [9.17, 15) is 20.3 Å². The average molecular weight is 783 g/mol. The molecule has 8 atom stereocenters. The minimum atomic E-state index is -1.29. The van der Waals surface area contributed by atoms with Crippen molar-refractivity contribution in [2.45, 2.75) is 93.5 Å². The van der Waals surface area contributed by atoms with Crippen LogP contribution in [0.5, 0.6) is 40.2 Å². The second-order valence-corrected chi connectivity index (χ2v) is 17.4. The van der Waals surface area contributed by atoms with E-state index in [1.807, 2.05) is 13.8 Å². The highest BCUT2D eigenvalue weighted by atomic mass is 32.2. The Hall–Kier alpha value is -4.55. The third kappa shape index (κ3) is 4.40. The maximum Gasteiger partial charge on any atom is 0.331 e. The lowest BCUT2D eigenvalue weighted by Gasteiger charge is -2.66. The minimum Gasteiger partial charge on any atom is -0.504 e. The minimum absolute atomic E-state index is 0.0133. The van der Waals surface area contributed by atoms with E-state index in [4.69, 9.17) is 28.4 Å². The van der Waals surface area contributed by atoms with Gasteiger partial charge in [-0.3, -0.25) is 15.1 Å². The molecule has 0 saturated carbocycles. The van der Waals surface area contributed by atoms with Crippen molar-refractivity contribution in [3.63, 3.8) is 0 Å². The van der Waals surface area contributed by atoms with Gasteiger partial charge in [-0.15, -0.1) is 11.8 Å². The summed E-state index contributed by atoms with van der Waals surface area (Å²) in [6.45, 7) is 9.16. The quantitative estimate of drug-likeness (QED) is 0.287. The molecule has 56 heavy (non-hydrogen) atoms. The molecule has 0 aliphatic carbocycles. The molecule has 3 saturated heterocycles. The Morgan fingerprint density at radius 3 is 2.61 bits per heavy atom. The van der Waals surface area contributed by atoms with Crippen molar-refractivity contribution in [3.05, 3.63) is 62.7 Å². The lowest BCUT2D eigenvalue weighted by atomic mass is 9.70. The van der Waals surface area contributed by atoms with Gasteiger partial charge in [0.15, 0.2) is 40.0 Å². The molecule has 3 aromatic carbocycles. The van der Waals surface area contributed by atoms with Gasteiger partial charge in [-0.1, -0.05) is 6.92 Å². The highest BCUT2D eigenvalue weighted by Gasteiger charge is 2.71. The molecule has 8 aliphatic rings. The van der Waals surface area contributed by atoms with E-state index in [2.05, 4.69) is 41.1 Å². The number of nitrogens with one attached hydrogen (secondary N) is 1. The number of ether oxygens (including phenoxy) is 6. The number of thioether (sulfide) groups is 1. The van der Waals surface area contributed by atoms with Crippen LogP contribution in [0.2, 0.25) is 0 Å². The van der Waals surface area contributed by atoms with Crippen molar-refractivity contribution >= 4 is 17.7 Å². The van der Waals surface area contributed by atoms with E-state index < -0.39 is 40.4 Å². The number of fused-ring (bicyclic) bond motifs is 8. The van der Waals surface area contributed by atoms with Crippen LogP contribution in [0.1, 0.15) is 88.5 Å². The number of phenolic OH excluding ortho intramolecular Hbond substituents is 2. The summed E-state index contributed by atoms with van der Waals surface area (Å²) in [4.78, 5) is 19.6. The lowest BCUT2D eigenvalue weighted by Crippen LogP contribution is -2.75. The van der Waals surface area contributed by atoms with E-state index in [-0.39, 0.29) is 48.5 Å². The van der Waals surface area contributed by atoms with Gasteiger partial charge in [-0.2, -0.15) is 5.26 Å². The Labute approximate surface area is 329 Å². The van der Waals surface area contributed by atoms with Crippen molar-refractivity contribution in [3.8, 4) is 46.3 Å². The molecular weight excluding hydrogens is 737 g/mol. The number of esters is 1. The summed E-state index contributed by atoms with van der Waals surface area (Å²) in [6.07, 6.45) is 2.10. The number of methoxy groups -OCH3 is 2. The Kier molecular flexibility index (Phi) is 7.98. The Balaban J connectivity index is 1.25. The van der Waals surface area contributed by atoms with Crippen molar-refractivity contribution < 1.29 is 43.4 Å². The molecule has 3 N–H and O–H groups in total. The molecule has 8 heterocycles. The second kappa shape index (κ2) is 12.5. The largest absolute Gasteiger partial charge is 0.504 e. The first kappa shape index (κ1) is 35.8. The molecule has 14 heteroatoms. The first-order valence-corrected chi connectivity index (χ1v) is 20.5. The van der Waals surface area contributed by atoms with E-state index in [0.717, 1.165) is 51.8 Å². The van der Waals surface area contributed by atoms with Crippen LogP contribution < -0.4 is 29.0 Å². The molecule has 2 bridgehead atoms. The van der Waals surface area contributed by atoms with Crippen molar-refractivity contribution in [2.24, 2.45) is 0 Å². The van der Waals surface area contributed by atoms with Gasteiger partial charge in [-0.25, -0.2) is 4.79 Å². The van der Waals surface area contributed by atoms with Crippen molar-refractivity contribution in [1.29, 1.82) is 5.26 Å². The van der Waals surface area contributed by atoms with E-state index in [0.29, 0.717) is 48.1 Å². The number of nitriles is 1. The predicted molar refractivity (Wildman–Crippen MR) is 205 cm³/mol. The summed E-state index contributed by atoms with van der Waals surface area (Å²) < 4.78 is 37.2. The van der Waals surface area contributed by atoms with Crippen LogP contribution in [-0.2, 0) is 27.0 Å². The number of carbonyl (C=O) groups excluding carboxylic acids is 1. The number of rotatable bonds is 5. The highest BCUT2D eigenvalue weighted by molar-refractivity contribution is 7.99. The summed E-state index contributed by atoms with van der Waals surface area (Å²) in [5.41, 5.74) is 5.14. The maximum absolute atomic E-state index is 14.8. The van der Waals surface area contributed by atoms with Crippen LogP contribution in [0, 0.1) is 25.2 Å². The fraction of sp³-hybridized carbons (Fsp3) is 0.524. The summed E-state index contributed by atoms with van der Waals surface area (Å²) in [5, 5.41) is 37.4. The number of benzene rings is 3. The molecule has 0 aromatic heterocycles. The van der Waals surface area contributed by atoms with E-state index in [1.54, 1.807) is 31.0 Å². The number of hydrogen-bond donors (Lipinski definition) is 3. The van der Waals surface area contributed by atoms with Gasteiger partial charge < -0.3 is 38.6 Å². The predicted octanol–water partition coefficient (Wildman–Crippen LogP) is 5.30. The average Bonchev–Trinajstić information content (AvgIpc) is 3.75. The molecule has 294 valence electrons. The molecule has 13 nitrogen and oxygen atoms in total. The van der Waals surface area contributed by atoms with Gasteiger partial charge in [0.05, 0.1) is 44.2 Å². The van der Waals surface area contributed by atoms with Crippen LogP contribution >= 0.6 is 11.8 Å². The van der Waals surface area contributed by atoms with Crippen LogP contribution in [0.25, 0.3) is 0 Å². The number of aryl methyl sites for hydroxylation is 1. The molecule has 3 aromatic rings. The molecule has 11 rings (SSSR count). The third-order valence-electron chi connectivity index (χ3n) is 13.6. The smallest absolute Gasteiger partial charge is 0.331 e. The Bertz CT molecular complexity index is 2260. The number of nitrogens with zero attached hydrogens (tertiary/aromatic N) is 3. The van der Waals surface area contributed by atoms with Gasteiger partial charge in [-0.05, 0) is 80.5 Å². The number of hydrogen-bond acceptors (Lipinski definition) is 14. The molecule has 2 unspecified atom stereocenters. The summed E-state index contributed by atoms with van der Waals surface area (Å²) >= 11 is 1.61. The molecule has 8 aliphatic heterocycles. The van der Waals surface area contributed by atoms with Crippen LogP contribution in [0.15, 0.2) is 18.2 Å². The number of phenols is 2. The Morgan fingerprint density at radius 1 is 1.05 bits per heavy atom. The standard InChI is InChI=1S/C42H46N4O9S/c1-7-10-52-36-20(3)37-38(55-18-54-37)30-26-16-53-40(49)42(22-13-28(50-5)27(47)12-21(22)8-9-44-42)17-56-39(31(30)36)33-32-29-23(11-19(2)35(51-6)34(29)48)41(4)14-24(46(32)41)25(15-43)45(26)33/h11-13,24-26,32-33,39,44,47-48H,7-10,14,16-18H2,1-6H3/t24-,25-,26-,32+,33?,39+,41?,42+/m0/s1. The SMILES string of the molecule is CCCOc1c(C)c2c(c3c1[C@H]1SC[C@]4(NCCc5cc(O)c(OC)cc54)C(=O)OC[C@@H]3N3C1[C@H]1c4c(cc(C)c(OC)c4O)C4(C)C[C@@H]([C@@H]3C#N)N14)OCO2. The van der Waals surface area contributed by atoms with Gasteiger partial charge >= 0.3 is 5.97 Å². The first-order chi connectivity index (χ1) is 27.0. The van der Waals surface area contributed by atoms with Gasteiger partial charge in [0.25, 0.3) is 0 Å². The number of carbonyl (C=O) groups is 1. The zero-order chi connectivity index (χ0) is 39.0. The summed E-state index contributed by atoms with van der Waals surface area (Å²) in [5.74, 6) is 2.55. The van der Waals surface area contributed by atoms with Gasteiger partial charge in [0.2, 0.25) is 6.79 Å². The van der Waals surface area contributed by atoms with Crippen LogP contribution in [-0.4, -0.2) is 90.6 Å². The molecular formula is C42H46N4O9S. The highest BCUT2D eigenvalue weighted by Crippen LogP contribution is 2.71. The second-order valence-electron chi connectivity index (χ2n) is 16.2. The molecule has 0 radical (unpaired) electrons. The van der Waals surface area contributed by atoms with Gasteiger partial charge in [0, 0.05) is 52.2 Å². The lowest BCUT2D eigenvalue weighted by molar-refractivity contribution is -0.187. The summed E-state index contributed by atoms with van der Waals surface area (Å²) in [6, 6.07) is 6.22. The topological polar surface area (TPSA) is 155 Å². The van der Waals surface area contributed by atoms with Crippen molar-refractivity contribution in [2.75, 3.05) is 46.5 Å². The number of aromatic hydroxyl groups is 2. The monoisotopic (exact) mass is 782 g/mol. The van der Waals surface area contributed by atoms with Crippen LogP contribution in [0.3, 0.4) is 0 Å². The molecule has 0 amide bonds.